The van der Waals surface area contributed by atoms with Crippen LogP contribution in [0.3, 0.4) is 0 Å². The van der Waals surface area contributed by atoms with Crippen LogP contribution in [0.25, 0.3) is 44.3 Å². The van der Waals surface area contributed by atoms with Crippen LogP contribution in [0.15, 0.2) is 104 Å². The molecule has 9 rings (SSSR count). The maximum atomic E-state index is 13.2. The van der Waals surface area contributed by atoms with Crippen LogP contribution in [0.2, 0.25) is 0 Å². The predicted octanol–water partition coefficient (Wildman–Crippen LogP) is 7.35. The number of imidazole rings is 1. The highest BCUT2D eigenvalue weighted by Gasteiger charge is 2.30. The van der Waals surface area contributed by atoms with Crippen molar-refractivity contribution >= 4 is 65.9 Å². The monoisotopic (exact) mass is 1250 g/mol. The highest BCUT2D eigenvalue weighted by molar-refractivity contribution is 7.87. The number of fused-ring (bicyclic) bond motifs is 2. The molecule has 4 aromatic carbocycles. The first-order chi connectivity index (χ1) is 42.0. The molecule has 25 heteroatoms. The van der Waals surface area contributed by atoms with Gasteiger partial charge in [-0.3, -0.25) is 19.0 Å². The Balaban J connectivity index is 0.000000229. The number of hydrogen-bond donors (Lipinski definition) is 3. The molecule has 2 aliphatic rings. The first-order valence-electron chi connectivity index (χ1n) is 29.6. The number of rotatable bonds is 26. The van der Waals surface area contributed by atoms with Crippen LogP contribution < -0.4 is 19.8 Å². The average Bonchev–Trinajstić information content (AvgIpc) is 2.46. The number of hydrogen-bond acceptors (Lipinski definition) is 13. The molecule has 0 bridgehead atoms. The second-order valence-corrected chi connectivity index (χ2v) is 25.8. The summed E-state index contributed by atoms with van der Waals surface area (Å²) in [5.74, 6) is 0.331. The van der Waals surface area contributed by atoms with E-state index in [4.69, 9.17) is 29.2 Å². The van der Waals surface area contributed by atoms with Crippen LogP contribution >= 0.6 is 0 Å². The molecule has 0 aliphatic heterocycles. The smallest absolute Gasteiger partial charge is 0.335 e. The summed E-state index contributed by atoms with van der Waals surface area (Å²) in [5.41, 5.74) is 8.84. The summed E-state index contributed by atoms with van der Waals surface area (Å²) in [7, 11) is 2.53. The van der Waals surface area contributed by atoms with Crippen molar-refractivity contribution in [2.75, 3.05) is 94.0 Å². The third-order valence-corrected chi connectivity index (χ3v) is 18.8. The number of aromatic nitrogens is 4. The lowest BCUT2D eigenvalue weighted by Crippen LogP contribution is -2.37. The van der Waals surface area contributed by atoms with Crippen molar-refractivity contribution in [1.82, 2.24) is 37.1 Å². The van der Waals surface area contributed by atoms with E-state index in [0.717, 1.165) is 91.5 Å². The van der Waals surface area contributed by atoms with E-state index >= 15 is 0 Å². The highest BCUT2D eigenvalue weighted by Crippen LogP contribution is 2.48. The number of aryl methyl sites for hydroxylation is 2. The van der Waals surface area contributed by atoms with Crippen molar-refractivity contribution in [2.24, 2.45) is 24.4 Å². The number of nitrogens with two attached hydrogens (primary N) is 2. The maximum Gasteiger partial charge on any atom is 0.335 e. The molecular formula is C63H82N10O13S2. The number of carbonyl (C=O) groups is 4. The van der Waals surface area contributed by atoms with Crippen LogP contribution in [0.4, 0.5) is 0 Å². The lowest BCUT2D eigenvalue weighted by Gasteiger charge is -2.24. The SMILES string of the molecule is CN(CCOCCN(C)S(N)(=O)=O)C(=O)COc1ccccc1-c1c(C2CCCCC2)c2ccc(C(=O)O)cc2n1C.CN(CCOCCN(C)S(N)(=O)=O)C(=O)COc1ccccc1-c1c(C2CCCCC2)c2ccc(C(=O)n3ccnc3)cc2n1C. The number of carbonyl (C=O) groups excluding carboxylic acids is 3. The van der Waals surface area contributed by atoms with Crippen LogP contribution in [0, 0.1) is 0 Å². The number of ether oxygens (including phenoxy) is 4. The van der Waals surface area contributed by atoms with Crippen LogP contribution in [-0.2, 0) is 53.6 Å². The summed E-state index contributed by atoms with van der Waals surface area (Å²) in [5, 5.41) is 21.9. The number of para-hydroxylation sites is 2. The number of carboxylic acids is 1. The van der Waals surface area contributed by atoms with E-state index in [1.54, 1.807) is 38.6 Å². The van der Waals surface area contributed by atoms with Gasteiger partial charge in [-0.05, 0) is 97.2 Å². The average molecular weight is 1250 g/mol. The molecule has 88 heavy (non-hydrogen) atoms. The second kappa shape index (κ2) is 30.1. The van der Waals surface area contributed by atoms with Crippen LogP contribution in [-0.4, -0.2) is 177 Å². The van der Waals surface area contributed by atoms with Gasteiger partial charge in [0.2, 0.25) is 0 Å². The quantitative estimate of drug-likeness (QED) is 0.0447. The number of benzene rings is 4. The van der Waals surface area contributed by atoms with Gasteiger partial charge >= 0.3 is 5.97 Å². The Bertz CT molecular complexity index is 3800. The summed E-state index contributed by atoms with van der Waals surface area (Å²) in [4.78, 5) is 57.8. The Morgan fingerprint density at radius 2 is 0.989 bits per heavy atom. The molecule has 23 nitrogen and oxygen atoms in total. The van der Waals surface area contributed by atoms with Crippen molar-refractivity contribution in [1.29, 1.82) is 0 Å². The molecule has 0 saturated heterocycles. The van der Waals surface area contributed by atoms with Gasteiger partial charge in [-0.1, -0.05) is 74.9 Å². The molecular weight excluding hydrogens is 1170 g/mol. The Hall–Kier alpha value is -7.49. The Morgan fingerprint density at radius 3 is 1.40 bits per heavy atom. The molecule has 7 aromatic rings. The molecule has 0 radical (unpaired) electrons. The molecule has 2 fully saturated rings. The molecule has 0 unspecified atom stereocenters. The predicted molar refractivity (Wildman–Crippen MR) is 337 cm³/mol. The maximum absolute atomic E-state index is 13.2. The summed E-state index contributed by atoms with van der Waals surface area (Å²) < 4.78 is 76.0. The van der Waals surface area contributed by atoms with Crippen molar-refractivity contribution in [3.63, 3.8) is 0 Å². The van der Waals surface area contributed by atoms with Crippen molar-refractivity contribution in [3.05, 3.63) is 126 Å². The van der Waals surface area contributed by atoms with Gasteiger partial charge < -0.3 is 43.0 Å². The largest absolute Gasteiger partial charge is 0.483 e. The molecule has 474 valence electrons. The van der Waals surface area contributed by atoms with E-state index in [0.29, 0.717) is 42.0 Å². The lowest BCUT2D eigenvalue weighted by molar-refractivity contribution is -0.133. The van der Waals surface area contributed by atoms with Crippen LogP contribution in [0.1, 0.15) is 108 Å². The van der Waals surface area contributed by atoms with E-state index in [2.05, 4.69) is 15.6 Å². The van der Waals surface area contributed by atoms with Gasteiger partial charge in [0, 0.05) is 119 Å². The van der Waals surface area contributed by atoms with Gasteiger partial charge in [0.25, 0.3) is 38.1 Å². The lowest BCUT2D eigenvalue weighted by atomic mass is 9.81. The minimum Gasteiger partial charge on any atom is -0.483 e. The number of amides is 2. The van der Waals surface area contributed by atoms with Gasteiger partial charge in [0.05, 0.1) is 43.4 Å². The van der Waals surface area contributed by atoms with Crippen molar-refractivity contribution in [3.8, 4) is 34.0 Å². The van der Waals surface area contributed by atoms with E-state index in [1.165, 1.54) is 71.6 Å². The first-order valence-corrected chi connectivity index (χ1v) is 32.6. The zero-order valence-electron chi connectivity index (χ0n) is 51.0. The summed E-state index contributed by atoms with van der Waals surface area (Å²) >= 11 is 0. The molecule has 0 spiro atoms. The summed E-state index contributed by atoms with van der Waals surface area (Å²) in [6.07, 6.45) is 16.1. The Morgan fingerprint density at radius 1 is 0.580 bits per heavy atom. The molecule has 0 atom stereocenters. The van der Waals surface area contributed by atoms with Crippen molar-refractivity contribution in [2.45, 2.75) is 76.0 Å². The molecule has 5 N–H and O–H groups in total. The minimum absolute atomic E-state index is 0.116. The fourth-order valence-electron chi connectivity index (χ4n) is 11.6. The Kier molecular flexibility index (Phi) is 22.8. The topological polar surface area (TPSA) is 286 Å². The number of carboxylic acid groups (broad SMARTS) is 1. The molecule has 3 heterocycles. The van der Waals surface area contributed by atoms with E-state index in [9.17, 15) is 41.1 Å². The fraction of sp³-hybridized carbons (Fsp3) is 0.444. The van der Waals surface area contributed by atoms with E-state index in [1.807, 2.05) is 85.4 Å². The normalized spacial score (nSPS) is 14.3. The first kappa shape index (κ1) is 66.5. The van der Waals surface area contributed by atoms with E-state index < -0.39 is 26.4 Å². The zero-order valence-corrected chi connectivity index (χ0v) is 52.6. The highest BCUT2D eigenvalue weighted by atomic mass is 32.2. The summed E-state index contributed by atoms with van der Waals surface area (Å²) in [6.45, 7) is 1.32. The fourth-order valence-corrected chi connectivity index (χ4v) is 12.2. The molecule has 2 saturated carbocycles. The molecule has 2 aliphatic carbocycles. The van der Waals surface area contributed by atoms with Crippen molar-refractivity contribution < 1.29 is 60.1 Å². The third kappa shape index (κ3) is 16.4. The van der Waals surface area contributed by atoms with Gasteiger partial charge in [-0.2, -0.15) is 25.4 Å². The molecule has 2 amide bonds. The summed E-state index contributed by atoms with van der Waals surface area (Å²) in [6, 6.07) is 26.6. The third-order valence-electron chi connectivity index (χ3n) is 16.7. The van der Waals surface area contributed by atoms with E-state index in [-0.39, 0.29) is 76.0 Å². The van der Waals surface area contributed by atoms with Gasteiger partial charge in [-0.15, -0.1) is 0 Å². The number of aromatic carboxylic acids is 1. The standard InChI is InChI=1S/C33H42N6O6S.C30H40N4O7S/c1-36(17-19-44-20-18-37(2)46(34,42)43)30(40)22-45-29-12-8-7-11-27(29)32-31(24-9-5-4-6-10-24)26-14-13-25(21-28(26)38(32)3)33(41)39-16-15-35-23-39;1-32(15-17-40-18-16-33(2)42(31,38)39)27(35)20-41-26-12-8-7-11-24(26)29-28(21-9-5-4-6-10-21)23-14-13-22(30(36)37)19-25(23)34(29)3/h7-8,11-16,21,23-24H,4-6,9-10,17-20,22H2,1-3H3,(H2,34,42,43);7-8,11-14,19,21H,4-6,9-10,15-18,20H2,1-3H3,(H,36,37)(H2,31,38,39). The molecule has 3 aromatic heterocycles. The minimum atomic E-state index is -3.76. The van der Waals surface area contributed by atoms with Gasteiger partial charge in [0.15, 0.2) is 13.2 Å². The second-order valence-electron chi connectivity index (χ2n) is 22.5. The zero-order chi connectivity index (χ0) is 63.3. The number of nitrogens with zero attached hydrogens (tertiary/aromatic N) is 8. The number of likely N-dealkylation sites (N-methyl/N-ethyl adjacent to an activating group) is 4. The van der Waals surface area contributed by atoms with Crippen LogP contribution in [0.5, 0.6) is 11.5 Å². The Labute approximate surface area is 515 Å². The van der Waals surface area contributed by atoms with Gasteiger partial charge in [-0.25, -0.2) is 20.1 Å². The van der Waals surface area contributed by atoms with Gasteiger partial charge in [0.1, 0.15) is 17.8 Å².